The summed E-state index contributed by atoms with van der Waals surface area (Å²) in [6, 6.07) is 0. The molecule has 3 heteroatoms. The molecule has 0 aliphatic heterocycles. The van der Waals surface area contributed by atoms with Crippen LogP contribution >= 0.6 is 11.3 Å². The van der Waals surface area contributed by atoms with Crippen LogP contribution in [0.3, 0.4) is 0 Å². The Morgan fingerprint density at radius 3 is 3.08 bits per heavy atom. The number of rotatable bonds is 5. The first-order valence-corrected chi connectivity index (χ1v) is 5.80. The van der Waals surface area contributed by atoms with Crippen LogP contribution in [0.2, 0.25) is 0 Å². The van der Waals surface area contributed by atoms with Gasteiger partial charge in [-0.1, -0.05) is 0 Å². The molecule has 0 radical (unpaired) electrons. The summed E-state index contributed by atoms with van der Waals surface area (Å²) in [5, 5.41) is 12.8. The van der Waals surface area contributed by atoms with E-state index in [0.29, 0.717) is 5.92 Å². The molecule has 1 aliphatic rings. The smallest absolute Gasteiger partial charge is 0.0924 e. The van der Waals surface area contributed by atoms with Crippen molar-refractivity contribution < 1.29 is 5.11 Å². The van der Waals surface area contributed by atoms with Crippen LogP contribution in [0.15, 0.2) is 11.6 Å². The summed E-state index contributed by atoms with van der Waals surface area (Å²) in [5.74, 6) is 0.622. The standard InChI is InChI=1S/C10H15NOS/c12-9(8-4-5-8)2-1-3-10-11-6-7-13-10/h6-9,12H,1-5H2. The third-order valence-electron chi connectivity index (χ3n) is 2.54. The van der Waals surface area contributed by atoms with E-state index in [1.165, 1.54) is 17.8 Å². The van der Waals surface area contributed by atoms with Crippen molar-refractivity contribution in [2.45, 2.75) is 38.2 Å². The molecular weight excluding hydrogens is 182 g/mol. The minimum Gasteiger partial charge on any atom is -0.393 e. The van der Waals surface area contributed by atoms with Crippen molar-refractivity contribution in [1.29, 1.82) is 0 Å². The molecular formula is C10H15NOS. The third kappa shape index (κ3) is 2.78. The van der Waals surface area contributed by atoms with E-state index in [-0.39, 0.29) is 6.10 Å². The molecule has 1 N–H and O–H groups in total. The second kappa shape index (κ2) is 4.20. The molecule has 0 spiro atoms. The number of nitrogens with zero attached hydrogens (tertiary/aromatic N) is 1. The predicted octanol–water partition coefficient (Wildman–Crippen LogP) is 2.24. The molecule has 2 rings (SSSR count). The van der Waals surface area contributed by atoms with E-state index < -0.39 is 0 Å². The lowest BCUT2D eigenvalue weighted by atomic mass is 10.1. The first kappa shape index (κ1) is 9.16. The van der Waals surface area contributed by atoms with Crippen LogP contribution in [0.5, 0.6) is 0 Å². The van der Waals surface area contributed by atoms with E-state index in [0.717, 1.165) is 19.3 Å². The van der Waals surface area contributed by atoms with Gasteiger partial charge in [-0.2, -0.15) is 0 Å². The van der Waals surface area contributed by atoms with Gasteiger partial charge in [0.15, 0.2) is 0 Å². The molecule has 1 saturated carbocycles. The monoisotopic (exact) mass is 197 g/mol. The van der Waals surface area contributed by atoms with Crippen LogP contribution in [0.4, 0.5) is 0 Å². The van der Waals surface area contributed by atoms with Gasteiger partial charge >= 0.3 is 0 Å². The summed E-state index contributed by atoms with van der Waals surface area (Å²) in [4.78, 5) is 4.21. The molecule has 1 aromatic heterocycles. The molecule has 72 valence electrons. The van der Waals surface area contributed by atoms with E-state index in [4.69, 9.17) is 0 Å². The van der Waals surface area contributed by atoms with Gasteiger partial charge < -0.3 is 5.11 Å². The Hall–Kier alpha value is -0.410. The molecule has 1 heterocycles. The van der Waals surface area contributed by atoms with E-state index in [1.54, 1.807) is 11.3 Å². The van der Waals surface area contributed by atoms with Gasteiger partial charge in [0.05, 0.1) is 11.1 Å². The fourth-order valence-electron chi connectivity index (χ4n) is 1.56. The molecule has 2 nitrogen and oxygen atoms in total. The van der Waals surface area contributed by atoms with Crippen molar-refractivity contribution >= 4 is 11.3 Å². The van der Waals surface area contributed by atoms with Crippen LogP contribution in [-0.4, -0.2) is 16.2 Å². The topological polar surface area (TPSA) is 33.1 Å². The molecule has 0 amide bonds. The molecule has 0 aromatic carbocycles. The quantitative estimate of drug-likeness (QED) is 0.785. The number of aliphatic hydroxyl groups is 1. The third-order valence-corrected chi connectivity index (χ3v) is 3.38. The number of aromatic nitrogens is 1. The SMILES string of the molecule is OC(CCCc1nccs1)C1CC1. The Labute approximate surface area is 82.6 Å². The minimum atomic E-state index is -0.0417. The average Bonchev–Trinajstić information content (AvgIpc) is 2.86. The van der Waals surface area contributed by atoms with Crippen LogP contribution in [0.1, 0.15) is 30.7 Å². The maximum absolute atomic E-state index is 9.60. The zero-order valence-electron chi connectivity index (χ0n) is 7.65. The Balaban J connectivity index is 1.63. The second-order valence-corrected chi connectivity index (χ2v) is 4.70. The zero-order chi connectivity index (χ0) is 9.10. The van der Waals surface area contributed by atoms with Gasteiger partial charge in [-0.05, 0) is 38.0 Å². The van der Waals surface area contributed by atoms with Crippen molar-refractivity contribution in [3.05, 3.63) is 16.6 Å². The van der Waals surface area contributed by atoms with Crippen molar-refractivity contribution in [2.75, 3.05) is 0 Å². The lowest BCUT2D eigenvalue weighted by molar-refractivity contribution is 0.139. The van der Waals surface area contributed by atoms with E-state index >= 15 is 0 Å². The molecule has 1 unspecified atom stereocenters. The molecule has 1 atom stereocenters. The normalized spacial score (nSPS) is 18.8. The van der Waals surface area contributed by atoms with E-state index in [2.05, 4.69) is 4.98 Å². The summed E-state index contributed by atoms with van der Waals surface area (Å²) in [5.41, 5.74) is 0. The predicted molar refractivity (Wildman–Crippen MR) is 53.8 cm³/mol. The fourth-order valence-corrected chi connectivity index (χ4v) is 2.22. The Morgan fingerprint density at radius 2 is 2.46 bits per heavy atom. The van der Waals surface area contributed by atoms with Gasteiger partial charge in [0, 0.05) is 11.6 Å². The van der Waals surface area contributed by atoms with Gasteiger partial charge in [-0.15, -0.1) is 11.3 Å². The highest BCUT2D eigenvalue weighted by Gasteiger charge is 2.28. The fraction of sp³-hybridized carbons (Fsp3) is 0.700. The number of aliphatic hydroxyl groups excluding tert-OH is 1. The van der Waals surface area contributed by atoms with Gasteiger partial charge in [-0.25, -0.2) is 4.98 Å². The number of hydrogen-bond acceptors (Lipinski definition) is 3. The highest BCUT2D eigenvalue weighted by Crippen LogP contribution is 2.34. The van der Waals surface area contributed by atoms with Crippen molar-refractivity contribution in [3.63, 3.8) is 0 Å². The molecule has 0 saturated heterocycles. The molecule has 1 fully saturated rings. The number of aryl methyl sites for hydroxylation is 1. The summed E-state index contributed by atoms with van der Waals surface area (Å²) < 4.78 is 0. The van der Waals surface area contributed by atoms with Gasteiger partial charge in [-0.3, -0.25) is 0 Å². The lowest BCUT2D eigenvalue weighted by Crippen LogP contribution is -2.08. The summed E-state index contributed by atoms with van der Waals surface area (Å²) in [6.45, 7) is 0. The van der Waals surface area contributed by atoms with E-state index in [9.17, 15) is 5.11 Å². The maximum Gasteiger partial charge on any atom is 0.0924 e. The molecule has 1 aliphatic carbocycles. The van der Waals surface area contributed by atoms with Gasteiger partial charge in [0.1, 0.15) is 0 Å². The summed E-state index contributed by atoms with van der Waals surface area (Å²) in [6.07, 6.45) is 7.32. The van der Waals surface area contributed by atoms with Crippen LogP contribution in [-0.2, 0) is 6.42 Å². The first-order chi connectivity index (χ1) is 6.36. The number of thiazole rings is 1. The second-order valence-electron chi connectivity index (χ2n) is 3.72. The number of hydrogen-bond donors (Lipinski definition) is 1. The van der Waals surface area contributed by atoms with Crippen molar-refractivity contribution in [3.8, 4) is 0 Å². The van der Waals surface area contributed by atoms with Gasteiger partial charge in [0.25, 0.3) is 0 Å². The van der Waals surface area contributed by atoms with Crippen molar-refractivity contribution in [1.82, 2.24) is 4.98 Å². The summed E-state index contributed by atoms with van der Waals surface area (Å²) >= 11 is 1.71. The maximum atomic E-state index is 9.60. The van der Waals surface area contributed by atoms with Crippen LogP contribution in [0.25, 0.3) is 0 Å². The van der Waals surface area contributed by atoms with Crippen molar-refractivity contribution in [2.24, 2.45) is 5.92 Å². The first-order valence-electron chi connectivity index (χ1n) is 4.92. The zero-order valence-corrected chi connectivity index (χ0v) is 8.46. The molecule has 13 heavy (non-hydrogen) atoms. The lowest BCUT2D eigenvalue weighted by Gasteiger charge is -2.06. The van der Waals surface area contributed by atoms with E-state index in [1.807, 2.05) is 11.6 Å². The van der Waals surface area contributed by atoms with Crippen LogP contribution < -0.4 is 0 Å². The molecule has 1 aromatic rings. The Kier molecular flexibility index (Phi) is 2.96. The highest BCUT2D eigenvalue weighted by molar-refractivity contribution is 7.09. The minimum absolute atomic E-state index is 0.0417. The highest BCUT2D eigenvalue weighted by atomic mass is 32.1. The Bertz CT molecular complexity index is 243. The van der Waals surface area contributed by atoms with Gasteiger partial charge in [0.2, 0.25) is 0 Å². The Morgan fingerprint density at radius 1 is 1.62 bits per heavy atom. The summed E-state index contributed by atoms with van der Waals surface area (Å²) in [7, 11) is 0. The van der Waals surface area contributed by atoms with Crippen LogP contribution in [0, 0.1) is 5.92 Å². The largest absolute Gasteiger partial charge is 0.393 e. The molecule has 0 bridgehead atoms. The average molecular weight is 197 g/mol.